The molecular formula is C9H9Cl2. The molecule has 0 aliphatic heterocycles. The van der Waals surface area contributed by atoms with Gasteiger partial charge in [-0.3, -0.25) is 0 Å². The Labute approximate surface area is 77.1 Å². The lowest BCUT2D eigenvalue weighted by Crippen LogP contribution is -1.93. The summed E-state index contributed by atoms with van der Waals surface area (Å²) in [7, 11) is 0. The molecule has 0 aromatic heterocycles. The maximum Gasteiger partial charge on any atom is 0.0406 e. The molecular weight excluding hydrogens is 179 g/mol. The van der Waals surface area contributed by atoms with Crippen molar-refractivity contribution in [3.8, 4) is 0 Å². The molecule has 0 N–H and O–H groups in total. The minimum absolute atomic E-state index is 0.161. The average molecular weight is 188 g/mol. The van der Waals surface area contributed by atoms with Crippen LogP contribution in [0, 0.1) is 6.92 Å². The van der Waals surface area contributed by atoms with Crippen LogP contribution in [-0.4, -0.2) is 5.88 Å². The first-order chi connectivity index (χ1) is 5.24. The smallest absolute Gasteiger partial charge is 0.0406 e. The maximum atomic E-state index is 5.71. The molecule has 1 rings (SSSR count). The summed E-state index contributed by atoms with van der Waals surface area (Å²) in [5, 5.41) is 0.746. The zero-order chi connectivity index (χ0) is 8.27. The van der Waals surface area contributed by atoms with Crippen LogP contribution in [0.5, 0.6) is 0 Å². The molecule has 0 bridgehead atoms. The van der Waals surface area contributed by atoms with Crippen LogP contribution in [0.4, 0.5) is 0 Å². The molecule has 59 valence electrons. The van der Waals surface area contributed by atoms with Gasteiger partial charge in [-0.2, -0.15) is 0 Å². The second-order valence-electron chi connectivity index (χ2n) is 2.40. The summed E-state index contributed by atoms with van der Waals surface area (Å²) in [6, 6.07) is 7.59. The standard InChI is InChI=1S/C9H9Cl2/c1-7(6-10)8-2-4-9(11)5-3-8/h2-5,7H,1,6H2. The van der Waals surface area contributed by atoms with E-state index in [0.29, 0.717) is 5.88 Å². The van der Waals surface area contributed by atoms with Gasteiger partial charge in [-0.05, 0) is 30.5 Å². The SMILES string of the molecule is [CH2]C(CCl)c1ccc(Cl)cc1. The highest BCUT2D eigenvalue weighted by molar-refractivity contribution is 6.30. The highest BCUT2D eigenvalue weighted by atomic mass is 35.5. The lowest BCUT2D eigenvalue weighted by Gasteiger charge is -2.06. The van der Waals surface area contributed by atoms with E-state index >= 15 is 0 Å². The Balaban J connectivity index is 2.81. The predicted molar refractivity (Wildman–Crippen MR) is 50.3 cm³/mol. The van der Waals surface area contributed by atoms with E-state index in [4.69, 9.17) is 23.2 Å². The summed E-state index contributed by atoms with van der Waals surface area (Å²) in [6.45, 7) is 3.88. The Morgan fingerprint density at radius 1 is 1.27 bits per heavy atom. The molecule has 0 saturated heterocycles. The number of hydrogen-bond donors (Lipinski definition) is 0. The zero-order valence-corrected chi connectivity index (χ0v) is 7.57. The fourth-order valence-corrected chi connectivity index (χ4v) is 1.13. The molecule has 1 atom stereocenters. The van der Waals surface area contributed by atoms with Crippen LogP contribution in [0.15, 0.2) is 24.3 Å². The van der Waals surface area contributed by atoms with Crippen LogP contribution in [0.1, 0.15) is 11.5 Å². The molecule has 0 spiro atoms. The van der Waals surface area contributed by atoms with Crippen LogP contribution in [-0.2, 0) is 0 Å². The summed E-state index contributed by atoms with van der Waals surface area (Å²) in [5.74, 6) is 0.704. The van der Waals surface area contributed by atoms with Crippen molar-refractivity contribution in [3.05, 3.63) is 41.8 Å². The van der Waals surface area contributed by atoms with Crippen molar-refractivity contribution in [3.63, 3.8) is 0 Å². The lowest BCUT2D eigenvalue weighted by atomic mass is 10.0. The van der Waals surface area contributed by atoms with Gasteiger partial charge in [-0.1, -0.05) is 23.7 Å². The fourth-order valence-electron chi connectivity index (χ4n) is 0.824. The number of benzene rings is 1. The summed E-state index contributed by atoms with van der Waals surface area (Å²) in [4.78, 5) is 0. The summed E-state index contributed by atoms with van der Waals surface area (Å²) < 4.78 is 0. The Bertz CT molecular complexity index is 216. The summed E-state index contributed by atoms with van der Waals surface area (Å²) in [5.41, 5.74) is 1.13. The van der Waals surface area contributed by atoms with Gasteiger partial charge in [0.25, 0.3) is 0 Å². The normalized spacial score (nSPS) is 13.0. The Kier molecular flexibility index (Phi) is 3.22. The monoisotopic (exact) mass is 187 g/mol. The van der Waals surface area contributed by atoms with Gasteiger partial charge in [0, 0.05) is 10.9 Å². The Morgan fingerprint density at radius 3 is 2.27 bits per heavy atom. The molecule has 0 amide bonds. The quantitative estimate of drug-likeness (QED) is 0.623. The number of alkyl halides is 1. The molecule has 1 radical (unpaired) electrons. The lowest BCUT2D eigenvalue weighted by molar-refractivity contribution is 0.974. The van der Waals surface area contributed by atoms with E-state index in [-0.39, 0.29) is 5.92 Å². The molecule has 0 aliphatic carbocycles. The molecule has 1 aromatic carbocycles. The van der Waals surface area contributed by atoms with Gasteiger partial charge in [0.15, 0.2) is 0 Å². The van der Waals surface area contributed by atoms with E-state index in [0.717, 1.165) is 10.6 Å². The minimum Gasteiger partial charge on any atom is -0.126 e. The molecule has 1 unspecified atom stereocenters. The molecule has 1 aromatic rings. The van der Waals surface area contributed by atoms with E-state index in [1.807, 2.05) is 24.3 Å². The fraction of sp³-hybridized carbons (Fsp3) is 0.222. The summed E-state index contributed by atoms with van der Waals surface area (Å²) in [6.07, 6.45) is 0. The Morgan fingerprint density at radius 2 is 1.82 bits per heavy atom. The first-order valence-electron chi connectivity index (χ1n) is 3.38. The first-order valence-corrected chi connectivity index (χ1v) is 4.30. The largest absolute Gasteiger partial charge is 0.126 e. The van der Waals surface area contributed by atoms with Crippen LogP contribution in [0.3, 0.4) is 0 Å². The molecule has 0 saturated carbocycles. The molecule has 0 aliphatic rings. The van der Waals surface area contributed by atoms with E-state index in [9.17, 15) is 0 Å². The highest BCUT2D eigenvalue weighted by Gasteiger charge is 2.01. The predicted octanol–water partition coefficient (Wildman–Crippen LogP) is 3.50. The molecule has 0 heterocycles. The maximum absolute atomic E-state index is 5.71. The number of rotatable bonds is 2. The number of hydrogen-bond acceptors (Lipinski definition) is 0. The Hall–Kier alpha value is -0.200. The van der Waals surface area contributed by atoms with Crippen LogP contribution < -0.4 is 0 Å². The van der Waals surface area contributed by atoms with Crippen LogP contribution in [0.2, 0.25) is 5.02 Å². The third kappa shape index (κ3) is 2.39. The first kappa shape index (κ1) is 8.89. The second kappa shape index (κ2) is 3.99. The van der Waals surface area contributed by atoms with Gasteiger partial charge in [0.2, 0.25) is 0 Å². The van der Waals surface area contributed by atoms with Crippen molar-refractivity contribution in [1.29, 1.82) is 0 Å². The van der Waals surface area contributed by atoms with Gasteiger partial charge >= 0.3 is 0 Å². The molecule has 0 nitrogen and oxygen atoms in total. The third-order valence-electron chi connectivity index (χ3n) is 1.53. The molecule has 2 heteroatoms. The van der Waals surface area contributed by atoms with Crippen molar-refractivity contribution < 1.29 is 0 Å². The van der Waals surface area contributed by atoms with Crippen LogP contribution in [0.25, 0.3) is 0 Å². The minimum atomic E-state index is 0.161. The van der Waals surface area contributed by atoms with Crippen molar-refractivity contribution in [2.24, 2.45) is 0 Å². The van der Waals surface area contributed by atoms with Crippen molar-refractivity contribution in [2.45, 2.75) is 5.92 Å². The average Bonchev–Trinajstić information content (AvgIpc) is 2.05. The van der Waals surface area contributed by atoms with Gasteiger partial charge in [-0.15, -0.1) is 11.6 Å². The van der Waals surface area contributed by atoms with Crippen molar-refractivity contribution >= 4 is 23.2 Å². The molecule has 0 fully saturated rings. The second-order valence-corrected chi connectivity index (χ2v) is 3.15. The highest BCUT2D eigenvalue weighted by Crippen LogP contribution is 2.18. The summed E-state index contributed by atoms with van der Waals surface area (Å²) >= 11 is 11.3. The van der Waals surface area contributed by atoms with E-state index in [1.54, 1.807) is 0 Å². The van der Waals surface area contributed by atoms with Gasteiger partial charge in [0.05, 0.1) is 0 Å². The van der Waals surface area contributed by atoms with E-state index < -0.39 is 0 Å². The zero-order valence-electron chi connectivity index (χ0n) is 6.06. The van der Waals surface area contributed by atoms with Gasteiger partial charge < -0.3 is 0 Å². The van der Waals surface area contributed by atoms with Gasteiger partial charge in [0.1, 0.15) is 0 Å². The number of halogens is 2. The van der Waals surface area contributed by atoms with Gasteiger partial charge in [-0.25, -0.2) is 0 Å². The van der Waals surface area contributed by atoms with Crippen molar-refractivity contribution in [2.75, 3.05) is 5.88 Å². The van der Waals surface area contributed by atoms with Crippen LogP contribution >= 0.6 is 23.2 Å². The third-order valence-corrected chi connectivity index (χ3v) is 2.15. The van der Waals surface area contributed by atoms with E-state index in [1.165, 1.54) is 0 Å². The topological polar surface area (TPSA) is 0 Å². The molecule has 11 heavy (non-hydrogen) atoms. The van der Waals surface area contributed by atoms with Crippen molar-refractivity contribution in [1.82, 2.24) is 0 Å². The van der Waals surface area contributed by atoms with E-state index in [2.05, 4.69) is 6.92 Å².